The van der Waals surface area contributed by atoms with Crippen LogP contribution in [0.4, 0.5) is 5.82 Å². The van der Waals surface area contributed by atoms with Crippen LogP contribution in [0.25, 0.3) is 0 Å². The normalized spacial score (nSPS) is 17.5. The van der Waals surface area contributed by atoms with E-state index in [-0.39, 0.29) is 36.4 Å². The highest BCUT2D eigenvalue weighted by Crippen LogP contribution is 2.19. The molecule has 8 nitrogen and oxygen atoms in total. The van der Waals surface area contributed by atoms with E-state index in [0.717, 1.165) is 50.8 Å². The number of amides is 1. The number of likely N-dealkylation sites (N-methyl/N-ethyl adjacent to an activating group) is 1. The van der Waals surface area contributed by atoms with Crippen molar-refractivity contribution in [2.75, 3.05) is 51.7 Å². The van der Waals surface area contributed by atoms with E-state index in [2.05, 4.69) is 31.2 Å². The van der Waals surface area contributed by atoms with Crippen molar-refractivity contribution in [3.8, 4) is 6.07 Å². The Morgan fingerprint density at radius 2 is 1.97 bits per heavy atom. The Balaban J connectivity index is 0.00000300. The summed E-state index contributed by atoms with van der Waals surface area (Å²) in [7, 11) is 3.51. The van der Waals surface area contributed by atoms with Crippen LogP contribution in [-0.2, 0) is 4.79 Å². The number of nitriles is 1. The lowest BCUT2D eigenvalue weighted by atomic mass is 10.2. The lowest BCUT2D eigenvalue weighted by Crippen LogP contribution is -2.54. The number of anilines is 1. The molecule has 0 aromatic carbocycles. The van der Waals surface area contributed by atoms with Gasteiger partial charge in [-0.25, -0.2) is 9.98 Å². The standard InChI is InChI=1S/C20H29N7O.HI/c1-25(2)19(28)15-22-20(24-16-6-3-4-7-16)27-12-10-26(11-13-27)18-9-5-8-17(14-21)23-18;/h5,8-9,16H,3-4,6-7,10-13,15H2,1-2H3,(H,22,24);1H. The lowest BCUT2D eigenvalue weighted by molar-refractivity contribution is -0.127. The maximum atomic E-state index is 12.0. The summed E-state index contributed by atoms with van der Waals surface area (Å²) in [5.74, 6) is 1.67. The number of hydrogen-bond acceptors (Lipinski definition) is 5. The second kappa shape index (κ2) is 11.2. The van der Waals surface area contributed by atoms with E-state index >= 15 is 0 Å². The van der Waals surface area contributed by atoms with Crippen molar-refractivity contribution in [2.24, 2.45) is 4.99 Å². The summed E-state index contributed by atoms with van der Waals surface area (Å²) in [5, 5.41) is 12.6. The first-order valence-corrected chi connectivity index (χ1v) is 9.95. The summed E-state index contributed by atoms with van der Waals surface area (Å²) in [4.78, 5) is 27.0. The number of carbonyl (C=O) groups is 1. The van der Waals surface area contributed by atoms with Crippen LogP contribution in [0.2, 0.25) is 0 Å². The molecule has 2 fully saturated rings. The van der Waals surface area contributed by atoms with Crippen molar-refractivity contribution in [3.05, 3.63) is 23.9 Å². The zero-order chi connectivity index (χ0) is 19.9. The van der Waals surface area contributed by atoms with Gasteiger partial charge in [0.05, 0.1) is 0 Å². The Labute approximate surface area is 190 Å². The van der Waals surface area contributed by atoms with Crippen molar-refractivity contribution in [1.29, 1.82) is 5.26 Å². The second-order valence-corrected chi connectivity index (χ2v) is 7.52. The van der Waals surface area contributed by atoms with Crippen LogP contribution >= 0.6 is 24.0 Å². The molecule has 3 rings (SSSR count). The molecule has 1 aromatic rings. The fourth-order valence-corrected chi connectivity index (χ4v) is 3.58. The molecular weight excluding hydrogens is 481 g/mol. The van der Waals surface area contributed by atoms with Gasteiger partial charge in [0, 0.05) is 46.3 Å². The molecule has 2 aliphatic rings. The minimum absolute atomic E-state index is 0. The number of hydrogen-bond donors (Lipinski definition) is 1. The molecule has 2 heterocycles. The first kappa shape index (κ1) is 23.2. The Hall–Kier alpha value is -2.09. The second-order valence-electron chi connectivity index (χ2n) is 7.52. The minimum atomic E-state index is 0. The molecule has 1 saturated carbocycles. The number of nitrogens with zero attached hydrogens (tertiary/aromatic N) is 6. The average Bonchev–Trinajstić information content (AvgIpc) is 3.24. The van der Waals surface area contributed by atoms with Crippen LogP contribution in [0.1, 0.15) is 31.4 Å². The first-order chi connectivity index (χ1) is 13.6. The van der Waals surface area contributed by atoms with Gasteiger partial charge < -0.3 is 20.0 Å². The molecule has 9 heteroatoms. The van der Waals surface area contributed by atoms with Crippen molar-refractivity contribution >= 4 is 41.7 Å². The maximum absolute atomic E-state index is 12.0. The van der Waals surface area contributed by atoms with Gasteiger partial charge in [-0.2, -0.15) is 5.26 Å². The number of rotatable bonds is 4. The predicted octanol–water partition coefficient (Wildman–Crippen LogP) is 1.67. The molecule has 1 amide bonds. The van der Waals surface area contributed by atoms with Crippen LogP contribution in [-0.4, -0.2) is 79.5 Å². The van der Waals surface area contributed by atoms with Gasteiger partial charge in [-0.15, -0.1) is 24.0 Å². The van der Waals surface area contributed by atoms with Crippen LogP contribution in [0.5, 0.6) is 0 Å². The largest absolute Gasteiger partial charge is 0.353 e. The number of carbonyl (C=O) groups excluding carboxylic acids is 1. The Morgan fingerprint density at radius 3 is 2.59 bits per heavy atom. The maximum Gasteiger partial charge on any atom is 0.243 e. The van der Waals surface area contributed by atoms with E-state index in [1.165, 1.54) is 12.8 Å². The number of pyridine rings is 1. The van der Waals surface area contributed by atoms with Crippen LogP contribution < -0.4 is 10.2 Å². The first-order valence-electron chi connectivity index (χ1n) is 9.95. The Morgan fingerprint density at radius 1 is 1.28 bits per heavy atom. The van der Waals surface area contributed by atoms with Crippen molar-refractivity contribution in [1.82, 2.24) is 20.1 Å². The molecule has 1 aromatic heterocycles. The quantitative estimate of drug-likeness (QED) is 0.376. The van der Waals surface area contributed by atoms with Gasteiger partial charge in [0.25, 0.3) is 0 Å². The van der Waals surface area contributed by atoms with Crippen molar-refractivity contribution in [2.45, 2.75) is 31.7 Å². The molecule has 0 atom stereocenters. The fraction of sp³-hybridized carbons (Fsp3) is 0.600. The van der Waals surface area contributed by atoms with Gasteiger partial charge in [0.1, 0.15) is 24.1 Å². The zero-order valence-electron chi connectivity index (χ0n) is 17.2. The number of halogens is 1. The third-order valence-electron chi connectivity index (χ3n) is 5.30. The van der Waals surface area contributed by atoms with E-state index < -0.39 is 0 Å². The topological polar surface area (TPSA) is 87.9 Å². The van der Waals surface area contributed by atoms with Gasteiger partial charge in [-0.05, 0) is 25.0 Å². The van der Waals surface area contributed by atoms with E-state index in [1.807, 2.05) is 12.1 Å². The van der Waals surface area contributed by atoms with Crippen LogP contribution in [0.15, 0.2) is 23.2 Å². The highest BCUT2D eigenvalue weighted by atomic mass is 127. The molecular formula is C20H30IN7O. The molecule has 0 spiro atoms. The van der Waals surface area contributed by atoms with Gasteiger partial charge >= 0.3 is 0 Å². The number of guanidine groups is 1. The van der Waals surface area contributed by atoms with Gasteiger partial charge in [-0.1, -0.05) is 18.9 Å². The van der Waals surface area contributed by atoms with Crippen molar-refractivity contribution < 1.29 is 4.79 Å². The molecule has 1 aliphatic heterocycles. The summed E-state index contributed by atoms with van der Waals surface area (Å²) in [5.41, 5.74) is 0.437. The summed E-state index contributed by atoms with van der Waals surface area (Å²) in [6.07, 6.45) is 4.81. The van der Waals surface area contributed by atoms with Gasteiger partial charge in [0.15, 0.2) is 5.96 Å². The van der Waals surface area contributed by atoms with E-state index in [0.29, 0.717) is 11.7 Å². The molecule has 1 N–H and O–H groups in total. The molecule has 0 radical (unpaired) electrons. The Bertz CT molecular complexity index is 747. The number of aliphatic imine (C=N–C) groups is 1. The zero-order valence-corrected chi connectivity index (χ0v) is 19.5. The third kappa shape index (κ3) is 6.45. The molecule has 1 saturated heterocycles. The van der Waals surface area contributed by atoms with Crippen LogP contribution in [0.3, 0.4) is 0 Å². The third-order valence-corrected chi connectivity index (χ3v) is 5.30. The summed E-state index contributed by atoms with van der Waals surface area (Å²) < 4.78 is 0. The Kier molecular flexibility index (Phi) is 8.95. The number of aromatic nitrogens is 1. The molecule has 0 bridgehead atoms. The number of nitrogens with one attached hydrogen (secondary N) is 1. The van der Waals surface area contributed by atoms with E-state index in [1.54, 1.807) is 25.1 Å². The minimum Gasteiger partial charge on any atom is -0.353 e. The molecule has 0 unspecified atom stereocenters. The summed E-state index contributed by atoms with van der Waals surface area (Å²) in [6, 6.07) is 8.07. The monoisotopic (exact) mass is 511 g/mol. The highest BCUT2D eigenvalue weighted by molar-refractivity contribution is 14.0. The number of piperazine rings is 1. The van der Waals surface area contributed by atoms with Crippen molar-refractivity contribution in [3.63, 3.8) is 0 Å². The average molecular weight is 511 g/mol. The molecule has 158 valence electrons. The van der Waals surface area contributed by atoms with E-state index in [9.17, 15) is 4.79 Å². The van der Waals surface area contributed by atoms with Gasteiger partial charge in [0.2, 0.25) is 5.91 Å². The SMILES string of the molecule is CN(C)C(=O)CN=C(NC1CCCC1)N1CCN(c2cccc(C#N)n2)CC1.I. The highest BCUT2D eigenvalue weighted by Gasteiger charge is 2.24. The van der Waals surface area contributed by atoms with Gasteiger partial charge in [-0.3, -0.25) is 4.79 Å². The molecule has 1 aliphatic carbocycles. The lowest BCUT2D eigenvalue weighted by Gasteiger charge is -2.38. The van der Waals surface area contributed by atoms with E-state index in [4.69, 9.17) is 5.26 Å². The van der Waals surface area contributed by atoms with Crippen LogP contribution in [0, 0.1) is 11.3 Å². The summed E-state index contributed by atoms with van der Waals surface area (Å²) >= 11 is 0. The smallest absolute Gasteiger partial charge is 0.243 e. The summed E-state index contributed by atoms with van der Waals surface area (Å²) in [6.45, 7) is 3.36. The predicted molar refractivity (Wildman–Crippen MR) is 125 cm³/mol. The molecule has 29 heavy (non-hydrogen) atoms. The fourth-order valence-electron chi connectivity index (χ4n) is 3.58.